The number of amides is 1. The van der Waals surface area contributed by atoms with E-state index in [0.717, 1.165) is 6.20 Å². The molecule has 130 valence electrons. The molecule has 0 aromatic carbocycles. The van der Waals surface area contributed by atoms with Crippen LogP contribution in [0.1, 0.15) is 45.9 Å². The van der Waals surface area contributed by atoms with Crippen molar-refractivity contribution in [3.05, 3.63) is 28.1 Å². The molecule has 9 heteroatoms. The van der Waals surface area contributed by atoms with E-state index in [1.807, 2.05) is 0 Å². The summed E-state index contributed by atoms with van der Waals surface area (Å²) < 4.78 is 10.5. The molecule has 1 aromatic heterocycles. The Kier molecular flexibility index (Phi) is 4.72. The molecule has 2 rings (SSSR count). The Bertz CT molecular complexity index is 682. The molecule has 1 aromatic rings. The van der Waals surface area contributed by atoms with E-state index >= 15 is 0 Å². The molecule has 0 spiro atoms. The van der Waals surface area contributed by atoms with E-state index in [2.05, 4.69) is 4.98 Å². The second-order valence-corrected chi connectivity index (χ2v) is 6.37. The normalized spacial score (nSPS) is 17.0. The number of carbonyl (C=O) groups excluding carboxylic acids is 2. The number of pyridine rings is 1. The maximum Gasteiger partial charge on any atom is 0.414 e. The molecule has 1 unspecified atom stereocenters. The molecule has 9 nitrogen and oxygen atoms in total. The Labute approximate surface area is 138 Å². The molecule has 1 aliphatic heterocycles. The molecule has 0 fully saturated rings. The number of ether oxygens (including phenoxy) is 2. The molecule has 1 amide bonds. The quantitative estimate of drug-likeness (QED) is 0.463. The fourth-order valence-corrected chi connectivity index (χ4v) is 2.34. The number of rotatable bonds is 2. The predicted molar refractivity (Wildman–Crippen MR) is 83.6 cm³/mol. The number of aromatic nitrogens is 1. The Morgan fingerprint density at radius 2 is 2.08 bits per heavy atom. The number of hydrogen-bond acceptors (Lipinski definition) is 7. The van der Waals surface area contributed by atoms with Crippen molar-refractivity contribution in [2.45, 2.75) is 45.8 Å². The summed E-state index contributed by atoms with van der Waals surface area (Å²) in [4.78, 5) is 39.3. The minimum Gasteiger partial charge on any atom is -0.456 e. The van der Waals surface area contributed by atoms with Gasteiger partial charge in [-0.25, -0.2) is 9.78 Å². The molecule has 0 saturated carbocycles. The number of nitro groups is 1. The third-order valence-electron chi connectivity index (χ3n) is 3.23. The lowest BCUT2D eigenvalue weighted by Crippen LogP contribution is -2.41. The van der Waals surface area contributed by atoms with Gasteiger partial charge < -0.3 is 9.47 Å². The number of nitrogens with zero attached hydrogens (tertiary/aromatic N) is 3. The maximum atomic E-state index is 12.4. The lowest BCUT2D eigenvalue weighted by molar-refractivity contribution is -0.385. The fraction of sp³-hybridized carbons (Fsp3) is 0.533. The summed E-state index contributed by atoms with van der Waals surface area (Å²) in [6, 6.07) is 1.24. The van der Waals surface area contributed by atoms with Crippen molar-refractivity contribution >= 4 is 23.4 Å². The number of carbonyl (C=O) groups is 2. The number of anilines is 1. The molecule has 24 heavy (non-hydrogen) atoms. The Hall–Kier alpha value is -2.71. The molecule has 1 aliphatic rings. The third kappa shape index (κ3) is 3.98. The first kappa shape index (κ1) is 17.6. The van der Waals surface area contributed by atoms with Crippen LogP contribution in [-0.2, 0) is 14.3 Å². The van der Waals surface area contributed by atoms with Crippen LogP contribution in [0.25, 0.3) is 0 Å². The van der Waals surface area contributed by atoms with Crippen molar-refractivity contribution in [1.82, 2.24) is 4.98 Å². The highest BCUT2D eigenvalue weighted by atomic mass is 16.6. The smallest absolute Gasteiger partial charge is 0.414 e. The van der Waals surface area contributed by atoms with E-state index in [4.69, 9.17) is 9.47 Å². The largest absolute Gasteiger partial charge is 0.456 e. The molecule has 0 N–H and O–H groups in total. The number of fused-ring (bicyclic) bond motifs is 1. The van der Waals surface area contributed by atoms with Crippen LogP contribution in [-0.4, -0.2) is 34.1 Å². The second-order valence-electron chi connectivity index (χ2n) is 6.37. The standard InChI is InChI=1S/C15H19N3O6/c1-9(19)23-12-5-6-17(14(20)24-15(2,3)4)11-7-10(18(21)22)8-16-13(11)12/h7-8,12H,5-6H2,1-4H3. The molecule has 0 radical (unpaired) electrons. The van der Waals surface area contributed by atoms with E-state index in [-0.39, 0.29) is 17.9 Å². The Morgan fingerprint density at radius 1 is 1.42 bits per heavy atom. The average molecular weight is 337 g/mol. The second kappa shape index (κ2) is 6.42. The first-order valence-corrected chi connectivity index (χ1v) is 7.40. The molecule has 2 heterocycles. The molecule has 0 saturated heterocycles. The van der Waals surface area contributed by atoms with Crippen molar-refractivity contribution in [2.24, 2.45) is 0 Å². The van der Waals surface area contributed by atoms with Gasteiger partial charge in [0.15, 0.2) is 0 Å². The van der Waals surface area contributed by atoms with Gasteiger partial charge in [-0.1, -0.05) is 0 Å². The van der Waals surface area contributed by atoms with Gasteiger partial charge in [0.05, 0.1) is 10.6 Å². The van der Waals surface area contributed by atoms with Gasteiger partial charge in [0.25, 0.3) is 5.69 Å². The first-order valence-electron chi connectivity index (χ1n) is 7.40. The summed E-state index contributed by atoms with van der Waals surface area (Å²) in [5.41, 5.74) is -0.451. The minimum absolute atomic E-state index is 0.197. The lowest BCUT2D eigenvalue weighted by Gasteiger charge is -2.33. The van der Waals surface area contributed by atoms with Crippen molar-refractivity contribution in [3.8, 4) is 0 Å². The zero-order chi connectivity index (χ0) is 18.1. The van der Waals surface area contributed by atoms with E-state index in [1.54, 1.807) is 20.8 Å². The summed E-state index contributed by atoms with van der Waals surface area (Å²) in [5.74, 6) is -0.489. The van der Waals surface area contributed by atoms with E-state index in [9.17, 15) is 19.7 Å². The van der Waals surface area contributed by atoms with E-state index in [0.29, 0.717) is 12.1 Å². The number of esters is 1. The summed E-state index contributed by atoms with van der Waals surface area (Å²) in [6.07, 6.45) is 0.120. The van der Waals surface area contributed by atoms with Gasteiger partial charge in [0, 0.05) is 26.0 Å². The topological polar surface area (TPSA) is 112 Å². The van der Waals surface area contributed by atoms with Crippen LogP contribution in [0.2, 0.25) is 0 Å². The highest BCUT2D eigenvalue weighted by Crippen LogP contribution is 2.37. The van der Waals surface area contributed by atoms with Crippen molar-refractivity contribution in [3.63, 3.8) is 0 Å². The summed E-state index contributed by atoms with van der Waals surface area (Å²) in [5, 5.41) is 11.0. The van der Waals surface area contributed by atoms with Gasteiger partial charge in [0.1, 0.15) is 23.6 Å². The van der Waals surface area contributed by atoms with Gasteiger partial charge in [-0.15, -0.1) is 0 Å². The van der Waals surface area contributed by atoms with Gasteiger partial charge in [-0.3, -0.25) is 19.8 Å². The van der Waals surface area contributed by atoms with Crippen molar-refractivity contribution in [1.29, 1.82) is 0 Å². The summed E-state index contributed by atoms with van der Waals surface area (Å²) in [6.45, 7) is 6.64. The third-order valence-corrected chi connectivity index (χ3v) is 3.23. The summed E-state index contributed by atoms with van der Waals surface area (Å²) >= 11 is 0. The van der Waals surface area contributed by atoms with Crippen LogP contribution in [0.15, 0.2) is 12.3 Å². The molecule has 0 aliphatic carbocycles. The van der Waals surface area contributed by atoms with Crippen LogP contribution in [0.4, 0.5) is 16.2 Å². The maximum absolute atomic E-state index is 12.4. The highest BCUT2D eigenvalue weighted by molar-refractivity contribution is 5.89. The first-order chi connectivity index (χ1) is 11.1. The van der Waals surface area contributed by atoms with Gasteiger partial charge >= 0.3 is 12.1 Å². The zero-order valence-electron chi connectivity index (χ0n) is 13.9. The van der Waals surface area contributed by atoms with Crippen molar-refractivity contribution < 1.29 is 24.0 Å². The molecular formula is C15H19N3O6. The lowest BCUT2D eigenvalue weighted by atomic mass is 10.0. The van der Waals surface area contributed by atoms with Gasteiger partial charge in [-0.05, 0) is 20.8 Å². The monoisotopic (exact) mass is 337 g/mol. The van der Waals surface area contributed by atoms with Crippen LogP contribution in [0.5, 0.6) is 0 Å². The average Bonchev–Trinajstić information content (AvgIpc) is 2.44. The van der Waals surface area contributed by atoms with Gasteiger partial charge in [-0.2, -0.15) is 0 Å². The fourth-order valence-electron chi connectivity index (χ4n) is 2.34. The molecular weight excluding hydrogens is 318 g/mol. The predicted octanol–water partition coefficient (Wildman–Crippen LogP) is 2.74. The molecule has 0 bridgehead atoms. The van der Waals surface area contributed by atoms with Crippen LogP contribution in [0.3, 0.4) is 0 Å². The Balaban J connectivity index is 2.42. The number of hydrogen-bond donors (Lipinski definition) is 0. The van der Waals surface area contributed by atoms with Crippen LogP contribution >= 0.6 is 0 Å². The van der Waals surface area contributed by atoms with Crippen LogP contribution < -0.4 is 4.90 Å². The summed E-state index contributed by atoms with van der Waals surface area (Å²) in [7, 11) is 0. The Morgan fingerprint density at radius 3 is 2.62 bits per heavy atom. The SMILES string of the molecule is CC(=O)OC1CCN(C(=O)OC(C)(C)C)c2cc([N+](=O)[O-])cnc21. The minimum atomic E-state index is -0.710. The van der Waals surface area contributed by atoms with E-state index in [1.165, 1.54) is 17.9 Å². The van der Waals surface area contributed by atoms with Crippen molar-refractivity contribution in [2.75, 3.05) is 11.4 Å². The molecule has 1 atom stereocenters. The van der Waals surface area contributed by atoms with Crippen LogP contribution in [0, 0.1) is 10.1 Å². The van der Waals surface area contributed by atoms with Gasteiger partial charge in [0.2, 0.25) is 0 Å². The zero-order valence-corrected chi connectivity index (χ0v) is 13.9. The highest BCUT2D eigenvalue weighted by Gasteiger charge is 2.35. The van der Waals surface area contributed by atoms with E-state index < -0.39 is 28.7 Å².